The van der Waals surface area contributed by atoms with Gasteiger partial charge < -0.3 is 14.4 Å². The summed E-state index contributed by atoms with van der Waals surface area (Å²) in [5.74, 6) is 0.218. The lowest BCUT2D eigenvalue weighted by Crippen LogP contribution is -2.09. The molecule has 27 heavy (non-hydrogen) atoms. The molecule has 0 saturated carbocycles. The highest BCUT2D eigenvalue weighted by atomic mass is 32.2. The number of aromatic hydroxyl groups is 1. The van der Waals surface area contributed by atoms with E-state index in [1.807, 2.05) is 0 Å². The molecule has 0 aliphatic heterocycles. The first-order valence-corrected chi connectivity index (χ1v) is 9.31. The van der Waals surface area contributed by atoms with Crippen molar-refractivity contribution in [1.82, 2.24) is 4.37 Å². The van der Waals surface area contributed by atoms with Gasteiger partial charge in [-0.25, -0.2) is 0 Å². The van der Waals surface area contributed by atoms with Gasteiger partial charge in [0.15, 0.2) is 0 Å². The molecule has 8 heteroatoms. The number of aromatic nitrogens is 1. The second kappa shape index (κ2) is 6.54. The average molecular weight is 393 g/mol. The molecule has 0 bridgehead atoms. The highest BCUT2D eigenvalue weighted by molar-refractivity contribution is 7.23. The van der Waals surface area contributed by atoms with Gasteiger partial charge in [-0.15, -0.1) is 0 Å². The summed E-state index contributed by atoms with van der Waals surface area (Å²) in [6.45, 7) is 0. The maximum absolute atomic E-state index is 13.2. The zero-order valence-corrected chi connectivity index (χ0v) is 14.7. The van der Waals surface area contributed by atoms with Crippen LogP contribution in [0.4, 0.5) is 13.2 Å². The lowest BCUT2D eigenvalue weighted by atomic mass is 10.0. The molecule has 1 aliphatic carbocycles. The normalized spacial score (nSPS) is 17.0. The molecule has 3 aromatic rings. The van der Waals surface area contributed by atoms with Gasteiger partial charge >= 0.3 is 6.18 Å². The number of fused-ring (bicyclic) bond motifs is 1. The smallest absolute Gasteiger partial charge is 0.416 e. The Balaban J connectivity index is 1.56. The number of hydrogen-bond donors (Lipinski definition) is 1. The molecule has 2 aromatic carbocycles. The molecule has 0 fully saturated rings. The van der Waals surface area contributed by atoms with Crippen LogP contribution in [0, 0.1) is 0 Å². The van der Waals surface area contributed by atoms with Gasteiger partial charge in [0.25, 0.3) is 5.88 Å². The molecule has 2 atom stereocenters. The first kappa shape index (κ1) is 17.8. The molecule has 1 N–H and O–H groups in total. The predicted octanol–water partition coefficient (Wildman–Crippen LogP) is 5.27. The Morgan fingerprint density at radius 1 is 1.15 bits per heavy atom. The van der Waals surface area contributed by atoms with Crippen molar-refractivity contribution in [3.05, 3.63) is 65.2 Å². The second-order valence-electron chi connectivity index (χ2n) is 6.25. The molecule has 4 rings (SSSR count). The SMILES string of the molecule is [O-][s+]1nc(O)cc1-c1ccc(O[C@@H]2CCc3c2cccc3C(F)(F)F)cc1. The number of ether oxygens (including phenoxy) is 1. The molecule has 0 radical (unpaired) electrons. The minimum Gasteiger partial charge on any atom is -0.568 e. The average Bonchev–Trinajstić information content (AvgIpc) is 3.17. The van der Waals surface area contributed by atoms with E-state index in [0.717, 1.165) is 6.07 Å². The van der Waals surface area contributed by atoms with E-state index in [-0.39, 0.29) is 5.88 Å². The molecule has 1 aromatic heterocycles. The van der Waals surface area contributed by atoms with Gasteiger partial charge in [-0.3, -0.25) is 0 Å². The number of rotatable bonds is 3. The second-order valence-corrected chi connectivity index (χ2v) is 7.37. The number of alkyl halides is 3. The molecule has 1 unspecified atom stereocenters. The number of benzene rings is 2. The minimum absolute atomic E-state index is 0.285. The summed E-state index contributed by atoms with van der Waals surface area (Å²) in [6.07, 6.45) is -4.03. The molecule has 0 spiro atoms. The Kier molecular flexibility index (Phi) is 4.32. The molecule has 1 heterocycles. The van der Waals surface area contributed by atoms with Crippen molar-refractivity contribution in [2.75, 3.05) is 0 Å². The van der Waals surface area contributed by atoms with Gasteiger partial charge in [0, 0.05) is 9.94 Å². The first-order chi connectivity index (χ1) is 12.8. The van der Waals surface area contributed by atoms with Crippen LogP contribution in [-0.2, 0) is 12.6 Å². The highest BCUT2D eigenvalue weighted by Crippen LogP contribution is 2.42. The van der Waals surface area contributed by atoms with Crippen LogP contribution in [0.3, 0.4) is 0 Å². The largest absolute Gasteiger partial charge is 0.568 e. The number of nitrogens with zero attached hydrogens (tertiary/aromatic N) is 1. The third-order valence-electron chi connectivity index (χ3n) is 4.56. The molecular weight excluding hydrogens is 379 g/mol. The van der Waals surface area contributed by atoms with Gasteiger partial charge in [0.1, 0.15) is 11.9 Å². The first-order valence-electron chi connectivity index (χ1n) is 8.20. The summed E-state index contributed by atoms with van der Waals surface area (Å²) in [7, 11) is -1.64. The molecule has 0 saturated heterocycles. The van der Waals surface area contributed by atoms with Gasteiger partial charge in [0.2, 0.25) is 4.88 Å². The number of halogens is 3. The number of hydrogen-bond acceptors (Lipinski definition) is 4. The third-order valence-corrected chi connectivity index (χ3v) is 5.65. The molecule has 0 amide bonds. The fraction of sp³-hybridized carbons (Fsp3) is 0.211. The van der Waals surface area contributed by atoms with Crippen molar-refractivity contribution in [1.29, 1.82) is 0 Å². The standard InChI is InChI=1S/C19H14F3NO3S/c20-19(21,22)15-3-1-2-14-13(15)8-9-16(14)26-12-6-4-11(5-7-12)17-10-18(24)23-27(17)25/h1-7,10,16H,8-9H2,(H,23,24)/t16-,27?/m1/s1. The van der Waals surface area contributed by atoms with E-state index in [2.05, 4.69) is 4.37 Å². The van der Waals surface area contributed by atoms with Crippen LogP contribution in [0.15, 0.2) is 48.5 Å². The van der Waals surface area contributed by atoms with Gasteiger partial charge in [-0.2, -0.15) is 13.2 Å². The molecular formula is C19H14F3NO3S. The fourth-order valence-corrected chi connectivity index (χ4v) is 4.24. The van der Waals surface area contributed by atoms with Gasteiger partial charge in [-0.05, 0) is 54.3 Å². The fourth-order valence-electron chi connectivity index (χ4n) is 3.38. The van der Waals surface area contributed by atoms with Gasteiger partial charge in [-0.1, -0.05) is 12.1 Å². The van der Waals surface area contributed by atoms with E-state index < -0.39 is 28.8 Å². The summed E-state index contributed by atoms with van der Waals surface area (Å²) in [5, 5.41) is 9.32. The van der Waals surface area contributed by atoms with Crippen LogP contribution >= 0.6 is 10.9 Å². The van der Waals surface area contributed by atoms with Crippen LogP contribution < -0.4 is 4.74 Å². The Morgan fingerprint density at radius 3 is 2.52 bits per heavy atom. The van der Waals surface area contributed by atoms with Crippen LogP contribution in [-0.4, -0.2) is 14.0 Å². The van der Waals surface area contributed by atoms with Crippen molar-refractivity contribution in [2.24, 2.45) is 0 Å². The van der Waals surface area contributed by atoms with E-state index in [4.69, 9.17) is 4.74 Å². The lowest BCUT2D eigenvalue weighted by Gasteiger charge is -2.16. The van der Waals surface area contributed by atoms with E-state index >= 15 is 0 Å². The Hall–Kier alpha value is -2.58. The van der Waals surface area contributed by atoms with E-state index in [9.17, 15) is 22.8 Å². The maximum Gasteiger partial charge on any atom is 0.416 e. The summed E-state index contributed by atoms with van der Waals surface area (Å²) >= 11 is 0. The van der Waals surface area contributed by atoms with Crippen molar-refractivity contribution >= 4 is 10.9 Å². The van der Waals surface area contributed by atoms with E-state index in [1.54, 1.807) is 30.3 Å². The van der Waals surface area contributed by atoms with Crippen molar-refractivity contribution in [2.45, 2.75) is 25.1 Å². The Labute approximate surface area is 155 Å². The zero-order chi connectivity index (χ0) is 19.2. The van der Waals surface area contributed by atoms with E-state index in [1.165, 1.54) is 12.1 Å². The van der Waals surface area contributed by atoms with Crippen molar-refractivity contribution < 1.29 is 27.6 Å². The third kappa shape index (κ3) is 3.38. The summed E-state index contributed by atoms with van der Waals surface area (Å²) < 4.78 is 60.7. The summed E-state index contributed by atoms with van der Waals surface area (Å²) in [4.78, 5) is 0.389. The molecule has 4 nitrogen and oxygen atoms in total. The molecule has 1 aliphatic rings. The van der Waals surface area contributed by atoms with Gasteiger partial charge in [0.05, 0.1) is 22.6 Å². The maximum atomic E-state index is 13.2. The Bertz CT molecular complexity index is 983. The zero-order valence-electron chi connectivity index (χ0n) is 13.9. The van der Waals surface area contributed by atoms with Crippen LogP contribution in [0.5, 0.6) is 11.6 Å². The van der Waals surface area contributed by atoms with Crippen LogP contribution in [0.25, 0.3) is 10.4 Å². The quantitative estimate of drug-likeness (QED) is 0.616. The topological polar surface area (TPSA) is 65.4 Å². The monoisotopic (exact) mass is 393 g/mol. The summed E-state index contributed by atoms with van der Waals surface area (Å²) in [6, 6.07) is 12.2. The molecule has 140 valence electrons. The Morgan fingerprint density at radius 2 is 1.89 bits per heavy atom. The summed E-state index contributed by atoms with van der Waals surface area (Å²) in [5.41, 5.74) is 0.883. The van der Waals surface area contributed by atoms with Crippen molar-refractivity contribution in [3.63, 3.8) is 0 Å². The van der Waals surface area contributed by atoms with Crippen molar-refractivity contribution in [3.8, 4) is 22.1 Å². The predicted molar refractivity (Wildman–Crippen MR) is 93.1 cm³/mol. The van der Waals surface area contributed by atoms with E-state index in [0.29, 0.717) is 40.2 Å². The van der Waals surface area contributed by atoms with Crippen LogP contribution in [0.2, 0.25) is 0 Å². The van der Waals surface area contributed by atoms with Crippen LogP contribution in [0.1, 0.15) is 29.2 Å². The minimum atomic E-state index is -4.37. The lowest BCUT2D eigenvalue weighted by molar-refractivity contribution is -0.138. The highest BCUT2D eigenvalue weighted by Gasteiger charge is 2.37.